The summed E-state index contributed by atoms with van der Waals surface area (Å²) in [6.45, 7) is 1.76. The molecule has 1 atom stereocenters. The lowest BCUT2D eigenvalue weighted by molar-refractivity contribution is -0.314. The monoisotopic (exact) mass is 349 g/mol. The second-order valence-corrected chi connectivity index (χ2v) is 6.49. The van der Waals surface area contributed by atoms with Crippen molar-refractivity contribution in [2.75, 3.05) is 0 Å². The molecule has 1 heterocycles. The molecule has 0 bridgehead atoms. The molecule has 0 saturated carbocycles. The molecule has 3 aromatic rings. The van der Waals surface area contributed by atoms with Gasteiger partial charge in [0.1, 0.15) is 11.3 Å². The van der Waals surface area contributed by atoms with E-state index in [0.717, 1.165) is 35.8 Å². The van der Waals surface area contributed by atoms with Crippen LogP contribution in [0.3, 0.4) is 0 Å². The van der Waals surface area contributed by atoms with Gasteiger partial charge < -0.3 is 19.1 Å². The summed E-state index contributed by atoms with van der Waals surface area (Å²) in [6.07, 6.45) is 1.29. The molecule has 5 nitrogen and oxygen atoms in total. The Bertz CT molecular complexity index is 1050. The molecule has 0 aliphatic heterocycles. The number of carboxylic acids is 1. The Morgan fingerprint density at radius 1 is 1.12 bits per heavy atom. The minimum absolute atomic E-state index is 0.315. The number of hydrogen-bond acceptors (Lipinski definition) is 5. The fraction of sp³-hybridized carbons (Fsp3) is 0.238. The van der Waals surface area contributed by atoms with Gasteiger partial charge in [0.15, 0.2) is 6.10 Å². The van der Waals surface area contributed by atoms with E-state index in [4.69, 9.17) is 9.15 Å². The second-order valence-electron chi connectivity index (χ2n) is 6.49. The van der Waals surface area contributed by atoms with E-state index in [1.54, 1.807) is 43.3 Å². The van der Waals surface area contributed by atoms with Crippen LogP contribution in [0, 0.1) is 6.92 Å². The van der Waals surface area contributed by atoms with E-state index >= 15 is 0 Å². The van der Waals surface area contributed by atoms with Crippen molar-refractivity contribution >= 4 is 16.9 Å². The lowest BCUT2D eigenvalue weighted by atomic mass is 10.0. The highest BCUT2D eigenvalue weighted by atomic mass is 16.5. The summed E-state index contributed by atoms with van der Waals surface area (Å²) in [5, 5.41) is 12.5. The average Bonchev–Trinajstić information content (AvgIpc) is 3.13. The SMILES string of the molecule is Cc1c(O[C@H](C(=O)[O-])c2ccccc2)ccc2c3c(c(=O)oc12)CCC3. The van der Waals surface area contributed by atoms with E-state index in [-0.39, 0.29) is 5.63 Å². The summed E-state index contributed by atoms with van der Waals surface area (Å²) in [4.78, 5) is 23.8. The molecule has 2 aromatic carbocycles. The van der Waals surface area contributed by atoms with Gasteiger partial charge in [-0.2, -0.15) is 0 Å². The minimum atomic E-state index is -1.33. The molecule has 1 aliphatic carbocycles. The Kier molecular flexibility index (Phi) is 3.99. The Labute approximate surface area is 149 Å². The fourth-order valence-electron chi connectivity index (χ4n) is 3.60. The maximum Gasteiger partial charge on any atom is 0.339 e. The van der Waals surface area contributed by atoms with Gasteiger partial charge in [-0.15, -0.1) is 0 Å². The van der Waals surface area contributed by atoms with E-state index in [9.17, 15) is 14.7 Å². The molecular weight excluding hydrogens is 332 g/mol. The molecule has 0 N–H and O–H groups in total. The van der Waals surface area contributed by atoms with Crippen LogP contribution in [0.25, 0.3) is 11.0 Å². The van der Waals surface area contributed by atoms with Crippen molar-refractivity contribution in [2.24, 2.45) is 0 Å². The van der Waals surface area contributed by atoms with Crippen molar-refractivity contribution in [3.05, 3.63) is 75.1 Å². The number of hydrogen-bond donors (Lipinski definition) is 0. The van der Waals surface area contributed by atoms with Gasteiger partial charge in [-0.25, -0.2) is 4.79 Å². The van der Waals surface area contributed by atoms with Crippen LogP contribution in [0.1, 0.15) is 34.8 Å². The topological polar surface area (TPSA) is 79.6 Å². The molecule has 0 unspecified atom stereocenters. The van der Waals surface area contributed by atoms with Crippen molar-refractivity contribution in [2.45, 2.75) is 32.3 Å². The van der Waals surface area contributed by atoms with Crippen molar-refractivity contribution in [1.82, 2.24) is 0 Å². The number of carbonyl (C=O) groups is 1. The Hall–Kier alpha value is -3.08. The maximum atomic E-state index is 12.2. The first-order valence-corrected chi connectivity index (χ1v) is 8.57. The number of aliphatic carboxylic acids is 1. The highest BCUT2D eigenvalue weighted by Gasteiger charge is 2.22. The third-order valence-corrected chi connectivity index (χ3v) is 4.90. The molecule has 0 saturated heterocycles. The number of aryl methyl sites for hydroxylation is 2. The first-order chi connectivity index (χ1) is 12.6. The third-order valence-electron chi connectivity index (χ3n) is 4.90. The highest BCUT2D eigenvalue weighted by Crippen LogP contribution is 2.34. The zero-order valence-electron chi connectivity index (χ0n) is 14.3. The molecule has 0 spiro atoms. The van der Waals surface area contributed by atoms with Gasteiger partial charge >= 0.3 is 5.63 Å². The lowest BCUT2D eigenvalue weighted by Gasteiger charge is -2.22. The van der Waals surface area contributed by atoms with Crippen LogP contribution in [0.5, 0.6) is 5.75 Å². The average molecular weight is 349 g/mol. The van der Waals surface area contributed by atoms with E-state index in [2.05, 4.69) is 0 Å². The zero-order chi connectivity index (χ0) is 18.3. The quantitative estimate of drug-likeness (QED) is 0.676. The van der Waals surface area contributed by atoms with Crippen LogP contribution in [0.2, 0.25) is 0 Å². The molecule has 1 aliphatic rings. The van der Waals surface area contributed by atoms with Crippen LogP contribution in [-0.4, -0.2) is 5.97 Å². The van der Waals surface area contributed by atoms with Gasteiger partial charge in [0, 0.05) is 16.5 Å². The van der Waals surface area contributed by atoms with Crippen molar-refractivity contribution in [3.63, 3.8) is 0 Å². The van der Waals surface area contributed by atoms with Crippen molar-refractivity contribution in [3.8, 4) is 5.75 Å². The van der Waals surface area contributed by atoms with E-state index in [1.807, 2.05) is 6.07 Å². The van der Waals surface area contributed by atoms with Gasteiger partial charge in [-0.05, 0) is 49.4 Å². The number of rotatable bonds is 4. The van der Waals surface area contributed by atoms with Crippen molar-refractivity contribution < 1.29 is 19.1 Å². The summed E-state index contributed by atoms with van der Waals surface area (Å²) in [5.74, 6) is -0.970. The van der Waals surface area contributed by atoms with Gasteiger partial charge in [-0.3, -0.25) is 0 Å². The predicted octanol–water partition coefficient (Wildman–Crippen LogP) is 2.46. The summed E-state index contributed by atoms with van der Waals surface area (Å²) in [5.41, 5.74) is 3.02. The van der Waals surface area contributed by atoms with Gasteiger partial charge in [-0.1, -0.05) is 30.3 Å². The Morgan fingerprint density at radius 3 is 2.58 bits per heavy atom. The van der Waals surface area contributed by atoms with Crippen molar-refractivity contribution in [1.29, 1.82) is 0 Å². The standard InChI is InChI=1S/C21H18O5/c1-12-17(25-19(20(22)23)13-6-3-2-4-7-13)11-10-15-14-8-5-9-16(14)21(24)26-18(12)15/h2-4,6-7,10-11,19H,5,8-9H2,1H3,(H,22,23)/p-1/t19-/m0/s1. The molecule has 4 rings (SSSR count). The van der Waals surface area contributed by atoms with Crippen LogP contribution in [0.4, 0.5) is 0 Å². The smallest absolute Gasteiger partial charge is 0.339 e. The number of ether oxygens (including phenoxy) is 1. The normalized spacial score (nSPS) is 14.2. The van der Waals surface area contributed by atoms with Gasteiger partial charge in [0.2, 0.25) is 0 Å². The van der Waals surface area contributed by atoms with E-state index < -0.39 is 12.1 Å². The molecule has 26 heavy (non-hydrogen) atoms. The highest BCUT2D eigenvalue weighted by molar-refractivity contribution is 5.86. The Balaban J connectivity index is 1.80. The maximum absolute atomic E-state index is 12.2. The first-order valence-electron chi connectivity index (χ1n) is 8.57. The van der Waals surface area contributed by atoms with Crippen LogP contribution < -0.4 is 15.5 Å². The number of benzene rings is 2. The third kappa shape index (κ3) is 2.65. The number of carboxylic acid groups (broad SMARTS) is 1. The van der Waals surface area contributed by atoms with Crippen LogP contribution in [0.15, 0.2) is 51.7 Å². The molecule has 1 aromatic heterocycles. The predicted molar refractivity (Wildman–Crippen MR) is 94.1 cm³/mol. The zero-order valence-corrected chi connectivity index (χ0v) is 14.3. The number of carbonyl (C=O) groups excluding carboxylic acids is 1. The first kappa shape index (κ1) is 16.4. The Morgan fingerprint density at radius 2 is 1.85 bits per heavy atom. The molecule has 0 amide bonds. The summed E-state index contributed by atoms with van der Waals surface area (Å²) < 4.78 is 11.3. The largest absolute Gasteiger partial charge is 0.546 e. The molecule has 132 valence electrons. The fourth-order valence-corrected chi connectivity index (χ4v) is 3.60. The summed E-state index contributed by atoms with van der Waals surface area (Å²) >= 11 is 0. The molecule has 5 heteroatoms. The van der Waals surface area contributed by atoms with E-state index in [0.29, 0.717) is 22.5 Å². The lowest BCUT2D eigenvalue weighted by Crippen LogP contribution is -2.33. The molecule has 0 radical (unpaired) electrons. The second kappa shape index (κ2) is 6.33. The molecular formula is C21H17O5-. The molecule has 0 fully saturated rings. The summed E-state index contributed by atoms with van der Waals surface area (Å²) in [7, 11) is 0. The van der Waals surface area contributed by atoms with Crippen LogP contribution >= 0.6 is 0 Å². The van der Waals surface area contributed by atoms with E-state index in [1.165, 1.54) is 0 Å². The summed E-state index contributed by atoms with van der Waals surface area (Å²) in [6, 6.07) is 12.2. The number of fused-ring (bicyclic) bond motifs is 3. The van der Waals surface area contributed by atoms with Gasteiger partial charge in [0.05, 0.1) is 5.97 Å². The van der Waals surface area contributed by atoms with Gasteiger partial charge in [0.25, 0.3) is 0 Å². The minimum Gasteiger partial charge on any atom is -0.546 e. The van der Waals surface area contributed by atoms with Crippen LogP contribution in [-0.2, 0) is 17.6 Å².